The van der Waals surface area contributed by atoms with Gasteiger partial charge in [-0.15, -0.1) is 0 Å². The normalized spacial score (nSPS) is 19.0. The van der Waals surface area contributed by atoms with E-state index in [-0.39, 0.29) is 5.41 Å². The lowest BCUT2D eigenvalue weighted by Gasteiger charge is -2.62. The lowest BCUT2D eigenvalue weighted by atomic mass is 10.0. The second kappa shape index (κ2) is 12.9. The van der Waals surface area contributed by atoms with Gasteiger partial charge in [0, 0.05) is 0 Å². The first-order valence-electron chi connectivity index (χ1n) is 13.3. The molecule has 0 unspecified atom stereocenters. The molecule has 0 aliphatic rings. The monoisotopic (exact) mass is 522 g/mol. The Morgan fingerprint density at radius 3 is 1.24 bits per heavy atom. The third-order valence-corrected chi connectivity index (χ3v) is 28.4. The zero-order valence-electron chi connectivity index (χ0n) is 22.9. The van der Waals surface area contributed by atoms with Crippen LogP contribution in [0.3, 0.4) is 0 Å². The molecule has 0 heterocycles. The van der Waals surface area contributed by atoms with Gasteiger partial charge in [-0.2, -0.15) is 0 Å². The van der Waals surface area contributed by atoms with Gasteiger partial charge in [0.2, 0.25) is 0 Å². The highest BCUT2D eigenvalue weighted by molar-refractivity contribution is 7.11. The summed E-state index contributed by atoms with van der Waals surface area (Å²) in [6, 6.07) is 5.44. The van der Waals surface area contributed by atoms with Gasteiger partial charge in [0.05, 0.1) is 14.7 Å². The predicted molar refractivity (Wildman–Crippen MR) is 146 cm³/mol. The molecule has 4 atom stereocenters. The lowest BCUT2D eigenvalue weighted by molar-refractivity contribution is -0.171. The summed E-state index contributed by atoms with van der Waals surface area (Å²) in [6.07, 6.45) is -3.43. The van der Waals surface area contributed by atoms with E-state index in [2.05, 4.69) is 0 Å². The molecule has 0 fully saturated rings. The van der Waals surface area contributed by atoms with Gasteiger partial charge in [-0.05, 0) is 0 Å². The third-order valence-electron chi connectivity index (χ3n) is 10.0. The highest BCUT2D eigenvalue weighted by atomic mass is 28.3. The van der Waals surface area contributed by atoms with Crippen molar-refractivity contribution < 1.29 is 30.3 Å². The second-order valence-corrected chi connectivity index (χ2v) is 26.0. The Morgan fingerprint density at radius 2 is 1.00 bits per heavy atom. The van der Waals surface area contributed by atoms with E-state index in [0.29, 0.717) is 54.4 Å². The van der Waals surface area contributed by atoms with Gasteiger partial charge < -0.3 is 30.3 Å². The SMILES string of the molecule is CC[Si](CC)(CC)C(=O)[C@](O)([C@@](O)([C@H](O)[C@H](O)CO)[Si](CC)(CC)CC)[Si](CC)(CC)CC. The molecule has 198 valence electrons. The van der Waals surface area contributed by atoms with Gasteiger partial charge in [-0.25, -0.2) is 0 Å². The van der Waals surface area contributed by atoms with Crippen LogP contribution < -0.4 is 0 Å². The van der Waals surface area contributed by atoms with Crippen LogP contribution in [0, 0.1) is 0 Å². The van der Waals surface area contributed by atoms with Crippen LogP contribution >= 0.6 is 0 Å². The minimum Gasteiger partial charge on any atom is -0.394 e. The van der Waals surface area contributed by atoms with E-state index in [0.717, 1.165) is 0 Å². The van der Waals surface area contributed by atoms with E-state index in [9.17, 15) is 30.3 Å². The molecule has 0 amide bonds. The maximum absolute atomic E-state index is 14.8. The van der Waals surface area contributed by atoms with Crippen molar-refractivity contribution in [2.75, 3.05) is 6.61 Å². The molecule has 0 radical (unpaired) electrons. The molecule has 33 heavy (non-hydrogen) atoms. The van der Waals surface area contributed by atoms with Crippen molar-refractivity contribution in [3.63, 3.8) is 0 Å². The fourth-order valence-corrected chi connectivity index (χ4v) is 22.8. The summed E-state index contributed by atoms with van der Waals surface area (Å²) in [6.45, 7) is 17.1. The molecule has 0 aliphatic carbocycles. The molecule has 9 heteroatoms. The number of aliphatic hydroxyl groups is 5. The Hall–Kier alpha value is 0.121. The zero-order chi connectivity index (χ0) is 26.3. The second-order valence-electron chi connectivity index (χ2n) is 10.0. The summed E-state index contributed by atoms with van der Waals surface area (Å²) < 4.78 is 0. The fourth-order valence-electron chi connectivity index (χ4n) is 6.80. The first-order valence-corrected chi connectivity index (χ1v) is 21.2. The summed E-state index contributed by atoms with van der Waals surface area (Å²) in [5.74, 6) is 0. The van der Waals surface area contributed by atoms with Gasteiger partial charge in [0.25, 0.3) is 0 Å². The first kappa shape index (κ1) is 33.1. The van der Waals surface area contributed by atoms with Crippen molar-refractivity contribution in [1.29, 1.82) is 0 Å². The van der Waals surface area contributed by atoms with Crippen LogP contribution in [-0.4, -0.2) is 84.4 Å². The fraction of sp³-hybridized carbons (Fsp3) is 0.958. The maximum atomic E-state index is 14.8. The van der Waals surface area contributed by atoms with Gasteiger partial charge in [-0.3, -0.25) is 0 Å². The summed E-state index contributed by atoms with van der Waals surface area (Å²) >= 11 is 0. The number of carbonyl (C=O) groups excluding carboxylic acids is 1. The van der Waals surface area contributed by atoms with Crippen LogP contribution in [0.25, 0.3) is 0 Å². The lowest BCUT2D eigenvalue weighted by Crippen LogP contribution is -2.88. The summed E-state index contributed by atoms with van der Waals surface area (Å²) in [7, 11) is -8.58. The molecule has 0 aromatic carbocycles. The van der Waals surface area contributed by atoms with Crippen molar-refractivity contribution >= 4 is 29.6 Å². The van der Waals surface area contributed by atoms with Crippen LogP contribution in [0.15, 0.2) is 0 Å². The molecule has 0 bridgehead atoms. The molecule has 0 saturated carbocycles. The van der Waals surface area contributed by atoms with Crippen LogP contribution in [-0.2, 0) is 4.79 Å². The smallest absolute Gasteiger partial charge is 0.141 e. The molecular weight excluding hydrogens is 469 g/mol. The van der Waals surface area contributed by atoms with E-state index in [1.165, 1.54) is 0 Å². The molecule has 0 saturated heterocycles. The van der Waals surface area contributed by atoms with E-state index in [1.807, 2.05) is 62.3 Å². The Balaban J connectivity index is 7.98. The van der Waals surface area contributed by atoms with E-state index in [1.54, 1.807) is 0 Å². The van der Waals surface area contributed by atoms with Gasteiger partial charge in [-0.1, -0.05) is 117 Å². The number of rotatable bonds is 17. The Bertz CT molecular complexity index is 582. The molecule has 6 nitrogen and oxygen atoms in total. The van der Waals surface area contributed by atoms with E-state index < -0.39 is 53.5 Å². The Labute approximate surface area is 205 Å². The van der Waals surface area contributed by atoms with Gasteiger partial charge in [0.1, 0.15) is 44.2 Å². The minimum absolute atomic E-state index is 0.223. The number of aliphatic hydroxyl groups excluding tert-OH is 3. The highest BCUT2D eigenvalue weighted by Gasteiger charge is 2.75. The zero-order valence-corrected chi connectivity index (χ0v) is 25.9. The minimum atomic E-state index is -2.97. The van der Waals surface area contributed by atoms with Crippen LogP contribution in [0.1, 0.15) is 62.3 Å². The molecular formula is C24H54O6Si3. The topological polar surface area (TPSA) is 118 Å². The molecule has 0 aromatic rings. The van der Waals surface area contributed by atoms with E-state index >= 15 is 0 Å². The predicted octanol–water partition coefficient (Wildman–Crippen LogP) is 3.87. The third kappa shape index (κ3) is 4.78. The Kier molecular flexibility index (Phi) is 12.9. The molecule has 0 aliphatic heterocycles. The van der Waals surface area contributed by atoms with E-state index in [4.69, 9.17) is 0 Å². The van der Waals surface area contributed by atoms with Crippen molar-refractivity contribution in [2.45, 2.75) is 139 Å². The summed E-state index contributed by atoms with van der Waals surface area (Å²) in [5, 5.41) is 53.5. The van der Waals surface area contributed by atoms with Crippen molar-refractivity contribution in [3.8, 4) is 0 Å². The largest absolute Gasteiger partial charge is 0.394 e. The standard InChI is InChI=1S/C24H54O6Si3/c1-10-31(11-2,12-3)22(28)24(30,33(16-7,17-8)18-9)23(29,21(27)20(26)19-25)32(13-4,14-5)15-6/h20-21,25-27,29-30H,10-19H2,1-9H3/t20-,21-,23-,24-/m1/s1. The number of hydrogen-bond acceptors (Lipinski definition) is 6. The molecule has 0 aromatic heterocycles. The van der Waals surface area contributed by atoms with Crippen LogP contribution in [0.4, 0.5) is 0 Å². The number of carbonyl (C=O) groups is 1. The number of hydrogen-bond donors (Lipinski definition) is 5. The van der Waals surface area contributed by atoms with Crippen LogP contribution in [0.5, 0.6) is 0 Å². The summed E-state index contributed by atoms with van der Waals surface area (Å²) in [4.78, 5) is 14.8. The van der Waals surface area contributed by atoms with Gasteiger partial charge in [0.15, 0.2) is 0 Å². The molecule has 0 rings (SSSR count). The highest BCUT2D eigenvalue weighted by Crippen LogP contribution is 2.52. The maximum Gasteiger partial charge on any atom is 0.141 e. The summed E-state index contributed by atoms with van der Waals surface area (Å²) in [5.41, 5.74) is 0. The average molecular weight is 523 g/mol. The quantitative estimate of drug-likeness (QED) is 0.185. The van der Waals surface area contributed by atoms with Gasteiger partial charge >= 0.3 is 0 Å². The first-order chi connectivity index (χ1) is 15.3. The molecule has 5 N–H and O–H groups in total. The Morgan fingerprint density at radius 1 is 0.667 bits per heavy atom. The van der Waals surface area contributed by atoms with Crippen molar-refractivity contribution in [1.82, 2.24) is 0 Å². The van der Waals surface area contributed by atoms with Crippen molar-refractivity contribution in [3.05, 3.63) is 0 Å². The average Bonchev–Trinajstić information content (AvgIpc) is 2.86. The molecule has 0 spiro atoms. The van der Waals surface area contributed by atoms with Crippen LogP contribution in [0.2, 0.25) is 54.4 Å². The van der Waals surface area contributed by atoms with Crippen molar-refractivity contribution in [2.24, 2.45) is 0 Å².